The molecule has 2 rings (SSSR count). The summed E-state index contributed by atoms with van der Waals surface area (Å²) in [6, 6.07) is 2.36. The maximum atomic E-state index is 12.9. The molecule has 0 spiro atoms. The van der Waals surface area contributed by atoms with E-state index in [1.807, 2.05) is 6.92 Å². The molecule has 0 aromatic carbocycles. The van der Waals surface area contributed by atoms with E-state index >= 15 is 0 Å². The number of hydrogen-bond donors (Lipinski definition) is 1. The van der Waals surface area contributed by atoms with Gasteiger partial charge >= 0.3 is 5.97 Å². The van der Waals surface area contributed by atoms with Crippen LogP contribution in [0.5, 0.6) is 0 Å². The summed E-state index contributed by atoms with van der Waals surface area (Å²) >= 11 is 0. The van der Waals surface area contributed by atoms with E-state index in [1.54, 1.807) is 0 Å². The first-order chi connectivity index (χ1) is 9.61. The van der Waals surface area contributed by atoms with Gasteiger partial charge < -0.3 is 5.11 Å². The number of pyridine rings is 1. The first-order valence-electron chi connectivity index (χ1n) is 6.23. The molecule has 1 unspecified atom stereocenters. The predicted octanol–water partition coefficient (Wildman–Crippen LogP) is 1.69. The highest BCUT2D eigenvalue weighted by Crippen LogP contribution is 2.23. The van der Waals surface area contributed by atoms with Gasteiger partial charge in [-0.1, -0.05) is 13.3 Å². The minimum Gasteiger partial charge on any atom is -0.481 e. The van der Waals surface area contributed by atoms with Gasteiger partial charge in [0.25, 0.3) is 0 Å². The van der Waals surface area contributed by atoms with Crippen LogP contribution in [0.25, 0.3) is 11.5 Å². The van der Waals surface area contributed by atoms with Crippen molar-refractivity contribution in [2.24, 2.45) is 0 Å². The molecule has 106 valence electrons. The largest absolute Gasteiger partial charge is 0.481 e. The van der Waals surface area contributed by atoms with Crippen molar-refractivity contribution in [2.45, 2.75) is 32.2 Å². The van der Waals surface area contributed by atoms with Crippen molar-refractivity contribution in [3.63, 3.8) is 0 Å². The van der Waals surface area contributed by atoms with Gasteiger partial charge in [0.05, 0.1) is 18.7 Å². The van der Waals surface area contributed by atoms with Crippen molar-refractivity contribution in [2.75, 3.05) is 0 Å². The number of tetrazole rings is 1. The van der Waals surface area contributed by atoms with Gasteiger partial charge in [-0.05, 0) is 29.0 Å². The zero-order valence-electron chi connectivity index (χ0n) is 10.9. The highest BCUT2D eigenvalue weighted by Gasteiger charge is 2.21. The van der Waals surface area contributed by atoms with Crippen LogP contribution >= 0.6 is 0 Å². The second-order valence-corrected chi connectivity index (χ2v) is 4.35. The predicted molar refractivity (Wildman–Crippen MR) is 67.2 cm³/mol. The maximum Gasteiger partial charge on any atom is 0.305 e. The lowest BCUT2D eigenvalue weighted by Crippen LogP contribution is -2.16. The highest BCUT2D eigenvalue weighted by molar-refractivity contribution is 5.67. The van der Waals surface area contributed by atoms with Gasteiger partial charge in [0.2, 0.25) is 5.82 Å². The molecule has 7 nitrogen and oxygen atoms in total. The Morgan fingerprint density at radius 1 is 1.50 bits per heavy atom. The van der Waals surface area contributed by atoms with E-state index < -0.39 is 11.8 Å². The SMILES string of the molecule is CCCC(CC(=O)O)n1nnnc1-c1ccc(F)cn1. The van der Waals surface area contributed by atoms with E-state index in [-0.39, 0.29) is 12.5 Å². The molecule has 0 radical (unpaired) electrons. The average Bonchev–Trinajstić information content (AvgIpc) is 2.88. The van der Waals surface area contributed by atoms with E-state index in [1.165, 1.54) is 16.8 Å². The van der Waals surface area contributed by atoms with Crippen molar-refractivity contribution >= 4 is 5.97 Å². The Morgan fingerprint density at radius 2 is 2.30 bits per heavy atom. The van der Waals surface area contributed by atoms with Gasteiger partial charge in [0.15, 0.2) is 0 Å². The van der Waals surface area contributed by atoms with Gasteiger partial charge in [-0.15, -0.1) is 5.10 Å². The number of rotatable bonds is 6. The number of aromatic nitrogens is 5. The van der Waals surface area contributed by atoms with Crippen LogP contribution in [0.2, 0.25) is 0 Å². The Balaban J connectivity index is 2.34. The smallest absolute Gasteiger partial charge is 0.305 e. The summed E-state index contributed by atoms with van der Waals surface area (Å²) in [5, 5.41) is 20.2. The molecule has 0 saturated carbocycles. The van der Waals surface area contributed by atoms with Crippen molar-refractivity contribution in [1.29, 1.82) is 0 Å². The standard InChI is InChI=1S/C12H14FN5O2/c1-2-3-9(6-11(19)20)18-12(15-16-17-18)10-5-4-8(13)7-14-10/h4-5,7,9H,2-3,6H2,1H3,(H,19,20). The molecule has 2 heterocycles. The Bertz CT molecular complexity index is 584. The molecule has 0 bridgehead atoms. The summed E-state index contributed by atoms with van der Waals surface area (Å²) in [5.74, 6) is -1.04. The monoisotopic (exact) mass is 279 g/mol. The third-order valence-electron chi connectivity index (χ3n) is 2.83. The quantitative estimate of drug-likeness (QED) is 0.864. The molecule has 1 N–H and O–H groups in total. The third-order valence-corrected chi connectivity index (χ3v) is 2.83. The minimum atomic E-state index is -0.919. The average molecular weight is 279 g/mol. The lowest BCUT2D eigenvalue weighted by atomic mass is 10.1. The number of nitrogens with zero attached hydrogens (tertiary/aromatic N) is 5. The summed E-state index contributed by atoms with van der Waals surface area (Å²) in [5.41, 5.74) is 0.405. The number of carboxylic acid groups (broad SMARTS) is 1. The van der Waals surface area contributed by atoms with Gasteiger partial charge in [-0.2, -0.15) is 0 Å². The first kappa shape index (κ1) is 14.0. The lowest BCUT2D eigenvalue weighted by molar-refractivity contribution is -0.138. The minimum absolute atomic E-state index is 0.0763. The second-order valence-electron chi connectivity index (χ2n) is 4.35. The van der Waals surface area contributed by atoms with Crippen LogP contribution in [0.1, 0.15) is 32.2 Å². The molecule has 0 aliphatic rings. The van der Waals surface area contributed by atoms with Crippen LogP contribution in [-0.2, 0) is 4.79 Å². The summed E-state index contributed by atoms with van der Waals surface area (Å²) in [4.78, 5) is 14.8. The molecular formula is C12H14FN5O2. The van der Waals surface area contributed by atoms with Gasteiger partial charge in [0.1, 0.15) is 11.5 Å². The summed E-state index contributed by atoms with van der Waals surface area (Å²) in [6.07, 6.45) is 2.42. The topological polar surface area (TPSA) is 93.8 Å². The fourth-order valence-corrected chi connectivity index (χ4v) is 1.96. The third kappa shape index (κ3) is 3.14. The van der Waals surface area contributed by atoms with Crippen LogP contribution in [0.3, 0.4) is 0 Å². The van der Waals surface area contributed by atoms with Gasteiger partial charge in [-0.3, -0.25) is 4.79 Å². The second kappa shape index (κ2) is 6.18. The van der Waals surface area contributed by atoms with Crippen LogP contribution in [-0.4, -0.2) is 36.3 Å². The fourth-order valence-electron chi connectivity index (χ4n) is 1.96. The van der Waals surface area contributed by atoms with E-state index in [0.717, 1.165) is 12.6 Å². The Labute approximate surface area is 114 Å². The highest BCUT2D eigenvalue weighted by atomic mass is 19.1. The fraction of sp³-hybridized carbons (Fsp3) is 0.417. The van der Waals surface area contributed by atoms with Crippen molar-refractivity contribution in [1.82, 2.24) is 25.2 Å². The van der Waals surface area contributed by atoms with Crippen molar-refractivity contribution < 1.29 is 14.3 Å². The molecule has 0 fully saturated rings. The molecule has 0 saturated heterocycles. The zero-order valence-corrected chi connectivity index (χ0v) is 10.9. The molecule has 1 atom stereocenters. The Morgan fingerprint density at radius 3 is 2.90 bits per heavy atom. The Hall–Kier alpha value is -2.38. The Kier molecular flexibility index (Phi) is 4.34. The molecule has 2 aromatic rings. The number of carbonyl (C=O) groups is 1. The van der Waals surface area contributed by atoms with E-state index in [4.69, 9.17) is 5.11 Å². The summed E-state index contributed by atoms with van der Waals surface area (Å²) in [7, 11) is 0. The van der Waals surface area contributed by atoms with E-state index in [0.29, 0.717) is 17.9 Å². The van der Waals surface area contributed by atoms with Crippen LogP contribution < -0.4 is 0 Å². The van der Waals surface area contributed by atoms with E-state index in [9.17, 15) is 9.18 Å². The van der Waals surface area contributed by atoms with Crippen LogP contribution in [0.15, 0.2) is 18.3 Å². The number of carboxylic acids is 1. The molecule has 8 heteroatoms. The van der Waals surface area contributed by atoms with Crippen LogP contribution in [0.4, 0.5) is 4.39 Å². The van der Waals surface area contributed by atoms with Crippen molar-refractivity contribution in [3.8, 4) is 11.5 Å². The summed E-state index contributed by atoms with van der Waals surface area (Å²) in [6.45, 7) is 1.95. The molecule has 20 heavy (non-hydrogen) atoms. The number of halogens is 1. The number of aliphatic carboxylic acids is 1. The zero-order chi connectivity index (χ0) is 14.5. The first-order valence-corrected chi connectivity index (χ1v) is 6.23. The molecule has 0 aliphatic carbocycles. The van der Waals surface area contributed by atoms with Gasteiger partial charge in [-0.25, -0.2) is 14.1 Å². The van der Waals surface area contributed by atoms with Gasteiger partial charge in [0, 0.05) is 0 Å². The molecule has 0 aliphatic heterocycles. The van der Waals surface area contributed by atoms with E-state index in [2.05, 4.69) is 20.5 Å². The normalized spacial score (nSPS) is 12.3. The lowest BCUT2D eigenvalue weighted by Gasteiger charge is -2.15. The summed E-state index contributed by atoms with van der Waals surface area (Å²) < 4.78 is 14.3. The number of hydrogen-bond acceptors (Lipinski definition) is 5. The maximum absolute atomic E-state index is 12.9. The molecule has 2 aromatic heterocycles. The molecule has 0 amide bonds. The van der Waals surface area contributed by atoms with Crippen molar-refractivity contribution in [3.05, 3.63) is 24.1 Å². The molecular weight excluding hydrogens is 265 g/mol. The van der Waals surface area contributed by atoms with Crippen LogP contribution in [0, 0.1) is 5.82 Å².